The predicted molar refractivity (Wildman–Crippen MR) is 75.4 cm³/mol. The van der Waals surface area contributed by atoms with Crippen molar-refractivity contribution in [2.24, 2.45) is 0 Å². The number of carboxylic acid groups (broad SMARTS) is 1. The summed E-state index contributed by atoms with van der Waals surface area (Å²) in [6.07, 6.45) is 3.36. The van der Waals surface area contributed by atoms with E-state index in [0.717, 1.165) is 12.8 Å². The van der Waals surface area contributed by atoms with Gasteiger partial charge in [-0.15, -0.1) is 0 Å². The fraction of sp³-hybridized carbons (Fsp3) is 0.533. The van der Waals surface area contributed by atoms with Crippen molar-refractivity contribution in [2.75, 3.05) is 6.61 Å². The van der Waals surface area contributed by atoms with Crippen molar-refractivity contribution in [3.05, 3.63) is 35.4 Å². The summed E-state index contributed by atoms with van der Waals surface area (Å²) >= 11 is 0. The van der Waals surface area contributed by atoms with Gasteiger partial charge in [-0.2, -0.15) is 0 Å². The third kappa shape index (κ3) is 9.22. The summed E-state index contributed by atoms with van der Waals surface area (Å²) in [6, 6.07) is 7.10. The third-order valence-corrected chi connectivity index (χ3v) is 2.41. The number of unbranched alkanes of at least 4 members (excludes halogenated alkanes) is 1. The lowest BCUT2D eigenvalue weighted by atomic mass is 10.1. The first-order valence-corrected chi connectivity index (χ1v) is 6.45. The predicted octanol–water partition coefficient (Wildman–Crippen LogP) is 2.48. The molecule has 4 nitrogen and oxygen atoms in total. The summed E-state index contributed by atoms with van der Waals surface area (Å²) in [5.41, 5.74) is 0.673. The summed E-state index contributed by atoms with van der Waals surface area (Å²) in [4.78, 5) is 10.5. The molecule has 19 heavy (non-hydrogen) atoms. The van der Waals surface area contributed by atoms with Gasteiger partial charge in [0.25, 0.3) is 0 Å². The molecule has 0 atom stereocenters. The highest BCUT2D eigenvalue weighted by Crippen LogP contribution is 2.07. The number of hydrogen-bond donors (Lipinski definition) is 3. The Morgan fingerprint density at radius 3 is 2.00 bits per heavy atom. The van der Waals surface area contributed by atoms with E-state index in [1.165, 1.54) is 12.0 Å². The Labute approximate surface area is 114 Å². The van der Waals surface area contributed by atoms with E-state index in [1.54, 1.807) is 26.0 Å². The SMILES string of the molecule is CC(C)(O)CO.CCCCc1ccc(C(=O)O)cc1. The van der Waals surface area contributed by atoms with Gasteiger partial charge in [-0.05, 0) is 44.4 Å². The summed E-state index contributed by atoms with van der Waals surface area (Å²) < 4.78 is 0. The zero-order chi connectivity index (χ0) is 14.9. The van der Waals surface area contributed by atoms with E-state index in [2.05, 4.69) is 6.92 Å². The van der Waals surface area contributed by atoms with Crippen molar-refractivity contribution in [1.82, 2.24) is 0 Å². The van der Waals surface area contributed by atoms with Crippen LogP contribution in [0.25, 0.3) is 0 Å². The number of aryl methyl sites for hydroxylation is 1. The fourth-order valence-corrected chi connectivity index (χ4v) is 1.19. The van der Waals surface area contributed by atoms with E-state index < -0.39 is 11.6 Å². The molecular formula is C15H24O4. The Morgan fingerprint density at radius 2 is 1.68 bits per heavy atom. The van der Waals surface area contributed by atoms with Gasteiger partial charge in [0.2, 0.25) is 0 Å². The first-order chi connectivity index (χ1) is 8.80. The molecule has 4 heteroatoms. The largest absolute Gasteiger partial charge is 0.478 e. The van der Waals surface area contributed by atoms with E-state index >= 15 is 0 Å². The average molecular weight is 268 g/mol. The van der Waals surface area contributed by atoms with Crippen LogP contribution in [-0.2, 0) is 6.42 Å². The van der Waals surface area contributed by atoms with E-state index in [1.807, 2.05) is 12.1 Å². The minimum absolute atomic E-state index is 0.174. The maximum absolute atomic E-state index is 10.5. The van der Waals surface area contributed by atoms with Crippen molar-refractivity contribution in [1.29, 1.82) is 0 Å². The van der Waals surface area contributed by atoms with Gasteiger partial charge < -0.3 is 15.3 Å². The second-order valence-corrected chi connectivity index (χ2v) is 5.08. The van der Waals surface area contributed by atoms with Crippen LogP contribution in [0.4, 0.5) is 0 Å². The van der Waals surface area contributed by atoms with E-state index in [9.17, 15) is 4.79 Å². The highest BCUT2D eigenvalue weighted by atomic mass is 16.4. The maximum atomic E-state index is 10.5. The zero-order valence-corrected chi connectivity index (χ0v) is 11.9. The van der Waals surface area contributed by atoms with Gasteiger partial charge in [-0.1, -0.05) is 25.5 Å². The summed E-state index contributed by atoms with van der Waals surface area (Å²) in [6.45, 7) is 5.07. The van der Waals surface area contributed by atoms with E-state index in [0.29, 0.717) is 5.56 Å². The lowest BCUT2D eigenvalue weighted by Gasteiger charge is -2.10. The molecule has 1 aromatic carbocycles. The quantitative estimate of drug-likeness (QED) is 0.766. The van der Waals surface area contributed by atoms with Gasteiger partial charge >= 0.3 is 5.97 Å². The Bertz CT molecular complexity index is 363. The topological polar surface area (TPSA) is 77.8 Å². The smallest absolute Gasteiger partial charge is 0.335 e. The van der Waals surface area contributed by atoms with Gasteiger partial charge in [0, 0.05) is 0 Å². The second kappa shape index (κ2) is 8.67. The first-order valence-electron chi connectivity index (χ1n) is 6.45. The van der Waals surface area contributed by atoms with Crippen molar-refractivity contribution in [2.45, 2.75) is 45.6 Å². The normalized spacial score (nSPS) is 10.6. The highest BCUT2D eigenvalue weighted by Gasteiger charge is 2.07. The zero-order valence-electron chi connectivity index (χ0n) is 11.9. The second-order valence-electron chi connectivity index (χ2n) is 5.08. The lowest BCUT2D eigenvalue weighted by Crippen LogP contribution is -2.23. The highest BCUT2D eigenvalue weighted by molar-refractivity contribution is 5.87. The number of aliphatic hydroxyl groups excluding tert-OH is 1. The van der Waals surface area contributed by atoms with E-state index in [-0.39, 0.29) is 6.61 Å². The molecule has 0 aromatic heterocycles. The summed E-state index contributed by atoms with van der Waals surface area (Å²) in [7, 11) is 0. The Hall–Kier alpha value is -1.39. The van der Waals surface area contributed by atoms with Crippen molar-refractivity contribution < 1.29 is 20.1 Å². The van der Waals surface area contributed by atoms with Crippen molar-refractivity contribution in [3.63, 3.8) is 0 Å². The Kier molecular flexibility index (Phi) is 8.03. The molecule has 0 bridgehead atoms. The molecule has 0 amide bonds. The molecule has 1 rings (SSSR count). The molecule has 108 valence electrons. The minimum Gasteiger partial charge on any atom is -0.478 e. The number of hydrogen-bond acceptors (Lipinski definition) is 3. The first kappa shape index (κ1) is 17.6. The van der Waals surface area contributed by atoms with Crippen LogP contribution in [0.5, 0.6) is 0 Å². The molecule has 0 radical (unpaired) electrons. The lowest BCUT2D eigenvalue weighted by molar-refractivity contribution is 0.0183. The molecule has 0 fully saturated rings. The number of aromatic carboxylic acids is 1. The fourth-order valence-electron chi connectivity index (χ4n) is 1.19. The molecule has 0 saturated carbocycles. The van der Waals surface area contributed by atoms with Crippen LogP contribution in [0, 0.1) is 0 Å². The average Bonchev–Trinajstić information content (AvgIpc) is 2.36. The molecule has 3 N–H and O–H groups in total. The van der Waals surface area contributed by atoms with Gasteiger partial charge in [-0.25, -0.2) is 4.79 Å². The van der Waals surface area contributed by atoms with Crippen LogP contribution in [0.3, 0.4) is 0 Å². The van der Waals surface area contributed by atoms with Gasteiger partial charge in [0.1, 0.15) is 0 Å². The van der Waals surface area contributed by atoms with Crippen molar-refractivity contribution >= 4 is 5.97 Å². The molecule has 0 aliphatic rings. The van der Waals surface area contributed by atoms with Crippen LogP contribution in [0.2, 0.25) is 0 Å². The third-order valence-electron chi connectivity index (χ3n) is 2.41. The maximum Gasteiger partial charge on any atom is 0.335 e. The number of carboxylic acids is 1. The van der Waals surface area contributed by atoms with E-state index in [4.69, 9.17) is 15.3 Å². The molecule has 1 aromatic rings. The van der Waals surface area contributed by atoms with Crippen LogP contribution >= 0.6 is 0 Å². The van der Waals surface area contributed by atoms with Crippen LogP contribution in [0.1, 0.15) is 49.5 Å². The molecule has 0 aliphatic carbocycles. The summed E-state index contributed by atoms with van der Waals surface area (Å²) in [5.74, 6) is -0.859. The Balaban J connectivity index is 0.000000459. The molecule has 0 aliphatic heterocycles. The minimum atomic E-state index is -0.903. The van der Waals surface area contributed by atoms with Crippen LogP contribution in [-0.4, -0.2) is 33.5 Å². The molecule has 0 saturated heterocycles. The standard InChI is InChI=1S/C11H14O2.C4H10O2/c1-2-3-4-9-5-7-10(8-6-9)11(12)13;1-4(2,6)3-5/h5-8H,2-4H2,1H3,(H,12,13);5-6H,3H2,1-2H3. The molecule has 0 unspecified atom stereocenters. The number of aliphatic hydroxyl groups is 2. The number of carbonyl (C=O) groups is 1. The Morgan fingerprint density at radius 1 is 1.21 bits per heavy atom. The summed E-state index contributed by atoms with van der Waals surface area (Å²) in [5, 5.41) is 25.4. The van der Waals surface area contributed by atoms with Gasteiger partial charge in [0.05, 0.1) is 17.8 Å². The molecule has 0 spiro atoms. The molecular weight excluding hydrogens is 244 g/mol. The van der Waals surface area contributed by atoms with Crippen LogP contribution in [0.15, 0.2) is 24.3 Å². The van der Waals surface area contributed by atoms with Gasteiger partial charge in [-0.3, -0.25) is 0 Å². The number of benzene rings is 1. The van der Waals surface area contributed by atoms with Crippen molar-refractivity contribution in [3.8, 4) is 0 Å². The molecule has 0 heterocycles. The monoisotopic (exact) mass is 268 g/mol. The van der Waals surface area contributed by atoms with Crippen LogP contribution < -0.4 is 0 Å². The van der Waals surface area contributed by atoms with Gasteiger partial charge in [0.15, 0.2) is 0 Å². The number of rotatable bonds is 5.